The maximum Gasteiger partial charge on any atom is 0.416 e. The average molecular weight is 353 g/mol. The Morgan fingerprint density at radius 1 is 1.40 bits per heavy atom. The molecule has 0 saturated heterocycles. The molecule has 1 amide bonds. The largest absolute Gasteiger partial charge is 0.416 e. The van der Waals surface area contributed by atoms with Crippen molar-refractivity contribution in [1.82, 2.24) is 5.32 Å². The lowest BCUT2D eigenvalue weighted by Crippen LogP contribution is -2.34. The molecule has 0 saturated carbocycles. The second-order valence-corrected chi connectivity index (χ2v) is 5.29. The molecule has 0 aliphatic rings. The lowest BCUT2D eigenvalue weighted by molar-refractivity contribution is -0.137. The maximum absolute atomic E-state index is 12.6. The number of hydrogen-bond acceptors (Lipinski definition) is 2. The number of benzene rings is 1. The van der Waals surface area contributed by atoms with Gasteiger partial charge in [-0.1, -0.05) is 6.92 Å². The molecule has 0 fully saturated rings. The molecule has 1 aromatic rings. The number of anilines is 1. The molecule has 7 heteroatoms. The van der Waals surface area contributed by atoms with E-state index in [0.29, 0.717) is 4.47 Å². The van der Waals surface area contributed by atoms with Crippen LogP contribution in [-0.4, -0.2) is 18.5 Å². The number of alkyl halides is 3. The first kappa shape index (κ1) is 17.0. The highest BCUT2D eigenvalue weighted by atomic mass is 79.9. The summed E-state index contributed by atoms with van der Waals surface area (Å²) in [5, 5.41) is 5.42. The third kappa shape index (κ3) is 5.13. The van der Waals surface area contributed by atoms with E-state index in [9.17, 15) is 18.0 Å². The highest BCUT2D eigenvalue weighted by Gasteiger charge is 2.31. The topological polar surface area (TPSA) is 41.1 Å². The summed E-state index contributed by atoms with van der Waals surface area (Å²) in [7, 11) is 0. The van der Waals surface area contributed by atoms with E-state index in [0.717, 1.165) is 18.6 Å². The Kier molecular flexibility index (Phi) is 6.01. The summed E-state index contributed by atoms with van der Waals surface area (Å²) in [5.41, 5.74) is -0.693. The highest BCUT2D eigenvalue weighted by molar-refractivity contribution is 9.10. The molecule has 2 N–H and O–H groups in total. The zero-order valence-corrected chi connectivity index (χ0v) is 12.7. The Labute approximate surface area is 124 Å². The zero-order chi connectivity index (χ0) is 15.3. The van der Waals surface area contributed by atoms with Crippen molar-refractivity contribution in [3.05, 3.63) is 28.2 Å². The summed E-state index contributed by atoms with van der Waals surface area (Å²) in [6.45, 7) is 3.95. The van der Waals surface area contributed by atoms with Crippen LogP contribution in [0.1, 0.15) is 25.8 Å². The van der Waals surface area contributed by atoms with Crippen molar-refractivity contribution in [2.75, 3.05) is 11.9 Å². The van der Waals surface area contributed by atoms with Gasteiger partial charge in [0.15, 0.2) is 0 Å². The number of carbonyl (C=O) groups excluding carboxylic acids is 1. The molecule has 1 atom stereocenters. The van der Waals surface area contributed by atoms with Gasteiger partial charge in [-0.25, -0.2) is 0 Å². The second kappa shape index (κ2) is 7.08. The summed E-state index contributed by atoms with van der Waals surface area (Å²) < 4.78 is 38.2. The van der Waals surface area contributed by atoms with Gasteiger partial charge in [-0.2, -0.15) is 13.2 Å². The van der Waals surface area contributed by atoms with Gasteiger partial charge in [-0.05, 0) is 47.5 Å². The summed E-state index contributed by atoms with van der Waals surface area (Å²) >= 11 is 3.12. The van der Waals surface area contributed by atoms with Crippen LogP contribution in [0.3, 0.4) is 0 Å². The Morgan fingerprint density at radius 3 is 2.60 bits per heavy atom. The van der Waals surface area contributed by atoms with E-state index in [1.807, 2.05) is 13.8 Å². The van der Waals surface area contributed by atoms with E-state index < -0.39 is 11.7 Å². The molecule has 20 heavy (non-hydrogen) atoms. The molecule has 0 aromatic heterocycles. The quantitative estimate of drug-likeness (QED) is 0.846. The van der Waals surface area contributed by atoms with Crippen LogP contribution in [-0.2, 0) is 11.0 Å². The van der Waals surface area contributed by atoms with Gasteiger partial charge in [0, 0.05) is 10.5 Å². The Morgan fingerprint density at radius 2 is 2.05 bits per heavy atom. The minimum atomic E-state index is -4.44. The van der Waals surface area contributed by atoms with Gasteiger partial charge in [-0.3, -0.25) is 4.79 Å². The molecule has 0 aliphatic heterocycles. The number of hydrogen-bond donors (Lipinski definition) is 2. The predicted molar refractivity (Wildman–Crippen MR) is 75.5 cm³/mol. The van der Waals surface area contributed by atoms with Crippen molar-refractivity contribution in [2.24, 2.45) is 0 Å². The SMILES string of the molecule is CCC(C)NCC(=O)Nc1cc(C(F)(F)F)ccc1Br. The summed E-state index contributed by atoms with van der Waals surface area (Å²) in [4.78, 5) is 11.7. The first-order chi connectivity index (χ1) is 9.24. The van der Waals surface area contributed by atoms with E-state index in [2.05, 4.69) is 26.6 Å². The summed E-state index contributed by atoms with van der Waals surface area (Å²) in [5.74, 6) is -0.384. The van der Waals surface area contributed by atoms with Crippen LogP contribution < -0.4 is 10.6 Å². The summed E-state index contributed by atoms with van der Waals surface area (Å²) in [6, 6.07) is 3.30. The molecule has 1 unspecified atom stereocenters. The third-order valence-corrected chi connectivity index (χ3v) is 3.48. The van der Waals surface area contributed by atoms with Crippen molar-refractivity contribution in [1.29, 1.82) is 0 Å². The molecule has 0 radical (unpaired) electrons. The van der Waals surface area contributed by atoms with Gasteiger partial charge in [0.2, 0.25) is 5.91 Å². The van der Waals surface area contributed by atoms with Gasteiger partial charge in [-0.15, -0.1) is 0 Å². The van der Waals surface area contributed by atoms with Crippen LogP contribution in [0, 0.1) is 0 Å². The zero-order valence-electron chi connectivity index (χ0n) is 11.1. The Bertz CT molecular complexity index is 477. The molecular weight excluding hydrogens is 337 g/mol. The molecule has 0 spiro atoms. The van der Waals surface area contributed by atoms with E-state index in [1.54, 1.807) is 0 Å². The fraction of sp³-hybridized carbons (Fsp3) is 0.462. The highest BCUT2D eigenvalue weighted by Crippen LogP contribution is 2.33. The first-order valence-corrected chi connectivity index (χ1v) is 6.93. The normalized spacial score (nSPS) is 13.1. The number of nitrogens with one attached hydrogen (secondary N) is 2. The Hall–Kier alpha value is -1.08. The lowest BCUT2D eigenvalue weighted by atomic mass is 10.2. The fourth-order valence-corrected chi connectivity index (χ4v) is 1.75. The van der Waals surface area contributed by atoms with Gasteiger partial charge >= 0.3 is 6.18 Å². The first-order valence-electron chi connectivity index (χ1n) is 6.14. The van der Waals surface area contributed by atoms with Gasteiger partial charge < -0.3 is 10.6 Å². The van der Waals surface area contributed by atoms with Gasteiger partial charge in [0.05, 0.1) is 17.8 Å². The molecule has 112 valence electrons. The second-order valence-electron chi connectivity index (χ2n) is 4.43. The van der Waals surface area contributed by atoms with Crippen molar-refractivity contribution >= 4 is 27.5 Å². The van der Waals surface area contributed by atoms with Crippen molar-refractivity contribution in [3.8, 4) is 0 Å². The van der Waals surface area contributed by atoms with Crippen LogP contribution in [0.2, 0.25) is 0 Å². The van der Waals surface area contributed by atoms with Crippen LogP contribution in [0.15, 0.2) is 22.7 Å². The van der Waals surface area contributed by atoms with Gasteiger partial charge in [0.1, 0.15) is 0 Å². The molecule has 0 aliphatic carbocycles. The van der Waals surface area contributed by atoms with Crippen LogP contribution >= 0.6 is 15.9 Å². The fourth-order valence-electron chi connectivity index (χ4n) is 1.40. The maximum atomic E-state index is 12.6. The molecule has 1 aromatic carbocycles. The minimum absolute atomic E-state index is 0.0533. The van der Waals surface area contributed by atoms with E-state index >= 15 is 0 Å². The number of carbonyl (C=O) groups is 1. The van der Waals surface area contributed by atoms with Crippen LogP contribution in [0.5, 0.6) is 0 Å². The average Bonchev–Trinajstić information content (AvgIpc) is 2.37. The van der Waals surface area contributed by atoms with E-state index in [-0.39, 0.29) is 24.2 Å². The molecule has 0 bridgehead atoms. The minimum Gasteiger partial charge on any atom is -0.324 e. The standard InChI is InChI=1S/C13H16BrF3N2O/c1-3-8(2)18-7-12(20)19-11-6-9(13(15,16)17)4-5-10(11)14/h4-6,8,18H,3,7H2,1-2H3,(H,19,20). The number of rotatable bonds is 5. The van der Waals surface area contributed by atoms with Gasteiger partial charge in [0.25, 0.3) is 0 Å². The Balaban J connectivity index is 2.74. The monoisotopic (exact) mass is 352 g/mol. The van der Waals surface area contributed by atoms with Crippen LogP contribution in [0.25, 0.3) is 0 Å². The molecule has 3 nitrogen and oxygen atoms in total. The number of halogens is 4. The van der Waals surface area contributed by atoms with Crippen molar-refractivity contribution in [2.45, 2.75) is 32.5 Å². The predicted octanol–water partition coefficient (Wildman–Crippen LogP) is 3.79. The summed E-state index contributed by atoms with van der Waals surface area (Å²) in [6.07, 6.45) is -3.57. The van der Waals surface area contributed by atoms with Crippen molar-refractivity contribution in [3.63, 3.8) is 0 Å². The van der Waals surface area contributed by atoms with Crippen LogP contribution in [0.4, 0.5) is 18.9 Å². The lowest BCUT2D eigenvalue weighted by Gasteiger charge is -2.13. The van der Waals surface area contributed by atoms with E-state index in [1.165, 1.54) is 6.07 Å². The third-order valence-electron chi connectivity index (χ3n) is 2.79. The smallest absolute Gasteiger partial charge is 0.324 e. The molecular formula is C13H16BrF3N2O. The van der Waals surface area contributed by atoms with E-state index in [4.69, 9.17) is 0 Å². The number of amides is 1. The van der Waals surface area contributed by atoms with Crippen molar-refractivity contribution < 1.29 is 18.0 Å². The molecule has 1 rings (SSSR count). The molecule has 0 heterocycles.